The van der Waals surface area contributed by atoms with Gasteiger partial charge in [-0.2, -0.15) is 4.98 Å². The molecule has 8 heteroatoms. The lowest BCUT2D eigenvalue weighted by atomic mass is 10.1. The highest BCUT2D eigenvalue weighted by Gasteiger charge is 2.33. The molecule has 2 aromatic heterocycles. The fourth-order valence-electron chi connectivity index (χ4n) is 3.41. The van der Waals surface area contributed by atoms with E-state index in [0.717, 1.165) is 21.8 Å². The predicted molar refractivity (Wildman–Crippen MR) is 106 cm³/mol. The highest BCUT2D eigenvalue weighted by Crippen LogP contribution is 2.35. The molecule has 1 aliphatic rings. The summed E-state index contributed by atoms with van der Waals surface area (Å²) in [5, 5.41) is 25.6. The first-order chi connectivity index (χ1) is 13.1. The molecule has 0 saturated heterocycles. The summed E-state index contributed by atoms with van der Waals surface area (Å²) in [6, 6.07) is 9.99. The first-order valence-corrected chi connectivity index (χ1v) is 9.71. The number of anilines is 2. The average molecular weight is 383 g/mol. The summed E-state index contributed by atoms with van der Waals surface area (Å²) in [7, 11) is 0. The number of nitrogens with two attached hydrogens (primary N) is 1. The third-order valence-corrected chi connectivity index (χ3v) is 5.72. The normalized spacial score (nSPS) is 22.1. The highest BCUT2D eigenvalue weighted by molar-refractivity contribution is 7.13. The molecule has 3 atom stereocenters. The second kappa shape index (κ2) is 7.59. The maximum absolute atomic E-state index is 10.0. The summed E-state index contributed by atoms with van der Waals surface area (Å²) in [5.41, 5.74) is 8.51. The van der Waals surface area contributed by atoms with Crippen molar-refractivity contribution in [1.29, 1.82) is 0 Å². The van der Waals surface area contributed by atoms with Crippen molar-refractivity contribution in [2.75, 3.05) is 17.7 Å². The molecule has 1 aliphatic carbocycles. The van der Waals surface area contributed by atoms with Crippen LogP contribution in [0.4, 0.5) is 11.8 Å². The van der Waals surface area contributed by atoms with Crippen molar-refractivity contribution in [3.63, 3.8) is 0 Å². The molecule has 1 aromatic carbocycles. The van der Waals surface area contributed by atoms with Crippen LogP contribution < -0.4 is 11.1 Å². The Bertz CT molecular complexity index is 917. The molecule has 2 heterocycles. The van der Waals surface area contributed by atoms with Gasteiger partial charge < -0.3 is 21.3 Å². The van der Waals surface area contributed by atoms with E-state index in [4.69, 9.17) is 10.7 Å². The Hall–Kier alpha value is -2.55. The first-order valence-electron chi connectivity index (χ1n) is 8.83. The first kappa shape index (κ1) is 17.8. The number of rotatable bonds is 5. The Morgan fingerprint density at radius 3 is 2.74 bits per heavy atom. The number of benzene rings is 1. The van der Waals surface area contributed by atoms with Crippen LogP contribution in [0.15, 0.2) is 41.9 Å². The molecule has 1 saturated carbocycles. The number of nitrogen functional groups attached to an aromatic ring is 1. The Kier molecular flexibility index (Phi) is 5.02. The molecule has 3 unspecified atom stereocenters. The van der Waals surface area contributed by atoms with Gasteiger partial charge in [-0.15, -0.1) is 11.3 Å². The zero-order valence-electron chi connectivity index (χ0n) is 14.6. The monoisotopic (exact) mass is 383 g/mol. The minimum Gasteiger partial charge on any atom is -0.396 e. The van der Waals surface area contributed by atoms with Crippen LogP contribution in [-0.4, -0.2) is 43.9 Å². The summed E-state index contributed by atoms with van der Waals surface area (Å²) < 4.78 is 0. The second-order valence-electron chi connectivity index (χ2n) is 6.72. The minimum atomic E-state index is -0.514. The number of nitrogens with zero attached hydrogens (tertiary/aromatic N) is 3. The van der Waals surface area contributed by atoms with Gasteiger partial charge in [-0.05, 0) is 12.8 Å². The van der Waals surface area contributed by atoms with Gasteiger partial charge in [-0.25, -0.2) is 9.97 Å². The van der Waals surface area contributed by atoms with Gasteiger partial charge in [0.15, 0.2) is 0 Å². The van der Waals surface area contributed by atoms with Gasteiger partial charge in [0, 0.05) is 35.7 Å². The van der Waals surface area contributed by atoms with Crippen molar-refractivity contribution in [2.45, 2.75) is 25.0 Å². The Balaban J connectivity index is 1.62. The van der Waals surface area contributed by atoms with E-state index in [-0.39, 0.29) is 24.5 Å². The SMILES string of the molecule is Nc1ncc(-c2nc(-c3ccccc3)cs2)c(NC2CC(O)C(CO)C2)n1. The van der Waals surface area contributed by atoms with E-state index in [9.17, 15) is 10.2 Å². The van der Waals surface area contributed by atoms with Crippen LogP contribution in [0.3, 0.4) is 0 Å². The largest absolute Gasteiger partial charge is 0.396 e. The third-order valence-electron chi connectivity index (χ3n) is 4.84. The molecular formula is C19H21N5O2S. The molecule has 1 fully saturated rings. The van der Waals surface area contributed by atoms with Crippen molar-refractivity contribution in [1.82, 2.24) is 15.0 Å². The second-order valence-corrected chi connectivity index (χ2v) is 7.58. The lowest BCUT2D eigenvalue weighted by molar-refractivity contribution is 0.0908. The van der Waals surface area contributed by atoms with E-state index in [1.165, 1.54) is 11.3 Å². The zero-order chi connectivity index (χ0) is 18.8. The van der Waals surface area contributed by atoms with Crippen LogP contribution in [0.2, 0.25) is 0 Å². The van der Waals surface area contributed by atoms with Crippen LogP contribution >= 0.6 is 11.3 Å². The maximum Gasteiger partial charge on any atom is 0.221 e. The van der Waals surface area contributed by atoms with E-state index >= 15 is 0 Å². The number of hydrogen-bond acceptors (Lipinski definition) is 8. The highest BCUT2D eigenvalue weighted by atomic mass is 32.1. The number of hydrogen-bond donors (Lipinski definition) is 4. The zero-order valence-corrected chi connectivity index (χ0v) is 15.4. The Morgan fingerprint density at radius 1 is 1.19 bits per heavy atom. The van der Waals surface area contributed by atoms with Crippen molar-refractivity contribution < 1.29 is 10.2 Å². The fraction of sp³-hybridized carbons (Fsp3) is 0.316. The lowest BCUT2D eigenvalue weighted by Crippen LogP contribution is -2.18. The Labute approximate surface area is 161 Å². The van der Waals surface area contributed by atoms with Gasteiger partial charge in [-0.3, -0.25) is 0 Å². The standard InChI is InChI=1S/C19H21N5O2S/c20-19-21-8-14(17(24-19)22-13-6-12(9-25)16(26)7-13)18-23-15(10-27-18)11-4-2-1-3-5-11/h1-5,8,10,12-13,16,25-26H,6-7,9H2,(H3,20,21,22,24). The van der Waals surface area contributed by atoms with Gasteiger partial charge in [0.25, 0.3) is 0 Å². The van der Waals surface area contributed by atoms with Crippen molar-refractivity contribution in [3.05, 3.63) is 41.9 Å². The van der Waals surface area contributed by atoms with E-state index < -0.39 is 6.10 Å². The van der Waals surface area contributed by atoms with Crippen molar-refractivity contribution in [3.8, 4) is 21.8 Å². The molecule has 0 bridgehead atoms. The molecule has 27 heavy (non-hydrogen) atoms. The molecule has 5 N–H and O–H groups in total. The van der Waals surface area contributed by atoms with Crippen LogP contribution in [0.5, 0.6) is 0 Å². The molecule has 7 nitrogen and oxygen atoms in total. The lowest BCUT2D eigenvalue weighted by Gasteiger charge is -2.15. The molecule has 0 radical (unpaired) electrons. The predicted octanol–water partition coefficient (Wildman–Crippen LogP) is 2.39. The number of aliphatic hydroxyl groups is 2. The number of nitrogens with one attached hydrogen (secondary N) is 1. The molecular weight excluding hydrogens is 362 g/mol. The van der Waals surface area contributed by atoms with Crippen LogP contribution in [0.25, 0.3) is 21.8 Å². The summed E-state index contributed by atoms with van der Waals surface area (Å²) in [6.45, 7) is -0.0228. The summed E-state index contributed by atoms with van der Waals surface area (Å²) in [5.74, 6) is 0.667. The third kappa shape index (κ3) is 3.78. The van der Waals surface area contributed by atoms with E-state index in [1.54, 1.807) is 6.20 Å². The summed E-state index contributed by atoms with van der Waals surface area (Å²) in [6.07, 6.45) is 2.39. The van der Waals surface area contributed by atoms with E-state index in [1.807, 2.05) is 35.7 Å². The average Bonchev–Trinajstić information content (AvgIpc) is 3.29. The topological polar surface area (TPSA) is 117 Å². The van der Waals surface area contributed by atoms with Crippen molar-refractivity contribution >= 4 is 23.1 Å². The molecule has 0 amide bonds. The van der Waals surface area contributed by atoms with Gasteiger partial charge in [0.05, 0.1) is 17.4 Å². The van der Waals surface area contributed by atoms with Gasteiger partial charge >= 0.3 is 0 Å². The molecule has 140 valence electrons. The molecule has 4 rings (SSSR count). The minimum absolute atomic E-state index is 0.0127. The maximum atomic E-state index is 10.0. The summed E-state index contributed by atoms with van der Waals surface area (Å²) in [4.78, 5) is 13.2. The smallest absolute Gasteiger partial charge is 0.221 e. The molecule has 0 spiro atoms. The number of aromatic nitrogens is 3. The molecule has 0 aliphatic heterocycles. The van der Waals surface area contributed by atoms with Crippen molar-refractivity contribution in [2.24, 2.45) is 5.92 Å². The van der Waals surface area contributed by atoms with E-state index in [2.05, 4.69) is 15.3 Å². The van der Waals surface area contributed by atoms with Gasteiger partial charge in [0.1, 0.15) is 10.8 Å². The van der Waals surface area contributed by atoms with Crippen LogP contribution in [0, 0.1) is 5.92 Å². The van der Waals surface area contributed by atoms with Crippen LogP contribution in [0.1, 0.15) is 12.8 Å². The number of aliphatic hydroxyl groups excluding tert-OH is 2. The molecule has 3 aromatic rings. The quantitative estimate of drug-likeness (QED) is 0.534. The summed E-state index contributed by atoms with van der Waals surface area (Å²) >= 11 is 1.52. The van der Waals surface area contributed by atoms with Gasteiger partial charge in [-0.1, -0.05) is 30.3 Å². The van der Waals surface area contributed by atoms with Gasteiger partial charge in [0.2, 0.25) is 5.95 Å². The Morgan fingerprint density at radius 2 is 2.00 bits per heavy atom. The van der Waals surface area contributed by atoms with Crippen LogP contribution in [-0.2, 0) is 0 Å². The number of thiazole rings is 1. The van der Waals surface area contributed by atoms with E-state index in [0.29, 0.717) is 18.7 Å². The fourth-order valence-corrected chi connectivity index (χ4v) is 4.25.